The van der Waals surface area contributed by atoms with Gasteiger partial charge in [-0.3, -0.25) is 0 Å². The van der Waals surface area contributed by atoms with E-state index in [1.165, 1.54) is 61.7 Å². The second-order valence-corrected chi connectivity index (χ2v) is 9.99. The molecule has 6 aromatic rings. The Morgan fingerprint density at radius 3 is 1.61 bits per heavy atom. The summed E-state index contributed by atoms with van der Waals surface area (Å²) >= 11 is 0. The topological polar surface area (TPSA) is 0 Å². The number of benzene rings is 6. The number of fused-ring (bicyclic) bond motifs is 4. The second-order valence-electron chi connectivity index (χ2n) is 9.99. The highest BCUT2D eigenvalue weighted by Crippen LogP contribution is 2.58. The smallest absolute Gasteiger partial charge is 0.0656 e. The molecule has 0 unspecified atom stereocenters. The summed E-state index contributed by atoms with van der Waals surface area (Å²) < 4.78 is 0. The van der Waals surface area contributed by atoms with Crippen LogP contribution in [0.2, 0.25) is 0 Å². The van der Waals surface area contributed by atoms with Gasteiger partial charge in [-0.1, -0.05) is 166 Å². The molecule has 0 radical (unpaired) electrons. The van der Waals surface area contributed by atoms with Crippen LogP contribution in [0.4, 0.5) is 0 Å². The summed E-state index contributed by atoms with van der Waals surface area (Å²) in [5.41, 5.74) is 10.2. The Morgan fingerprint density at radius 1 is 0.421 bits per heavy atom. The zero-order valence-electron chi connectivity index (χ0n) is 22.1. The Morgan fingerprint density at radius 2 is 0.895 bits per heavy atom. The van der Waals surface area contributed by atoms with Gasteiger partial charge in [0.1, 0.15) is 0 Å². The van der Waals surface area contributed by atoms with Crippen molar-refractivity contribution in [3.63, 3.8) is 0 Å². The van der Waals surface area contributed by atoms with Gasteiger partial charge in [0.2, 0.25) is 0 Å². The van der Waals surface area contributed by atoms with Gasteiger partial charge in [0, 0.05) is 0 Å². The number of hydrogen-bond acceptors (Lipinski definition) is 0. The summed E-state index contributed by atoms with van der Waals surface area (Å²) in [7, 11) is 0. The van der Waals surface area contributed by atoms with Crippen molar-refractivity contribution in [1.82, 2.24) is 0 Å². The van der Waals surface area contributed by atoms with Crippen LogP contribution >= 0.6 is 0 Å². The maximum Gasteiger partial charge on any atom is 0.0713 e. The predicted octanol–water partition coefficient (Wildman–Crippen LogP) is 10.3. The van der Waals surface area contributed by atoms with Crippen molar-refractivity contribution in [1.29, 1.82) is 0 Å². The summed E-state index contributed by atoms with van der Waals surface area (Å²) in [5.74, 6) is 0. The lowest BCUT2D eigenvalue weighted by Gasteiger charge is -2.34. The molecule has 0 nitrogen and oxygen atoms in total. The highest BCUT2D eigenvalue weighted by molar-refractivity contribution is 6.03. The molecule has 0 saturated heterocycles. The first-order valence-corrected chi connectivity index (χ1v) is 13.6. The average Bonchev–Trinajstić information content (AvgIpc) is 3.30. The molecule has 38 heavy (non-hydrogen) atoms. The van der Waals surface area contributed by atoms with Crippen LogP contribution < -0.4 is 0 Å². The fourth-order valence-corrected chi connectivity index (χ4v) is 6.18. The van der Waals surface area contributed by atoms with Crippen LogP contribution in [-0.4, -0.2) is 0 Å². The van der Waals surface area contributed by atoms with Crippen LogP contribution in [0.25, 0.3) is 33.0 Å². The van der Waals surface area contributed by atoms with Crippen LogP contribution in [0, 0.1) is 0 Å². The summed E-state index contributed by atoms with van der Waals surface area (Å²) in [6.07, 6.45) is 1.25. The minimum Gasteiger partial charge on any atom is -0.0656 e. The van der Waals surface area contributed by atoms with Gasteiger partial charge in [-0.25, -0.2) is 0 Å². The lowest BCUT2D eigenvalue weighted by Crippen LogP contribution is -2.28. The molecule has 7 rings (SSSR count). The van der Waals surface area contributed by atoms with E-state index in [0.717, 1.165) is 0 Å². The lowest BCUT2D eigenvalue weighted by molar-refractivity contribution is 0.768. The van der Waals surface area contributed by atoms with Crippen LogP contribution in [0.3, 0.4) is 0 Å². The molecule has 0 heterocycles. The zero-order valence-corrected chi connectivity index (χ0v) is 22.1. The Balaban J connectivity index is 0.000000843. The Labute approximate surface area is 226 Å². The SMILES string of the molecule is CCC.c1ccc(C2(c3ccccc3)c3ccccc3-c3c(-c4cccc5ccccc45)cccc32)cc1. The quantitative estimate of drug-likeness (QED) is 0.232. The van der Waals surface area contributed by atoms with Crippen molar-refractivity contribution in [3.05, 3.63) is 168 Å². The first kappa shape index (κ1) is 23.9. The predicted molar refractivity (Wildman–Crippen MR) is 163 cm³/mol. The van der Waals surface area contributed by atoms with E-state index in [-0.39, 0.29) is 5.41 Å². The van der Waals surface area contributed by atoms with Gasteiger partial charge >= 0.3 is 0 Å². The molecule has 0 spiro atoms. The summed E-state index contributed by atoms with van der Waals surface area (Å²) in [4.78, 5) is 0. The molecule has 0 amide bonds. The molecule has 0 bridgehead atoms. The van der Waals surface area contributed by atoms with Crippen molar-refractivity contribution in [2.45, 2.75) is 25.7 Å². The maximum atomic E-state index is 2.34. The van der Waals surface area contributed by atoms with E-state index in [2.05, 4.69) is 159 Å². The van der Waals surface area contributed by atoms with Crippen molar-refractivity contribution in [2.24, 2.45) is 0 Å². The van der Waals surface area contributed by atoms with Gasteiger partial charge in [0.15, 0.2) is 0 Å². The molecule has 0 saturated carbocycles. The van der Waals surface area contributed by atoms with E-state index in [4.69, 9.17) is 0 Å². The first-order valence-electron chi connectivity index (χ1n) is 13.6. The average molecular weight is 489 g/mol. The number of rotatable bonds is 3. The van der Waals surface area contributed by atoms with Crippen LogP contribution in [-0.2, 0) is 5.41 Å². The molecule has 1 aliphatic carbocycles. The largest absolute Gasteiger partial charge is 0.0713 e. The molecule has 0 N–H and O–H groups in total. The summed E-state index contributed by atoms with van der Waals surface area (Å²) in [5, 5.41) is 2.56. The molecule has 0 aromatic heterocycles. The van der Waals surface area contributed by atoms with Crippen molar-refractivity contribution in [3.8, 4) is 22.3 Å². The molecule has 0 aliphatic heterocycles. The maximum absolute atomic E-state index is 2.34. The molecular weight excluding hydrogens is 456 g/mol. The van der Waals surface area contributed by atoms with Gasteiger partial charge in [-0.15, -0.1) is 0 Å². The van der Waals surface area contributed by atoms with Gasteiger partial charge in [0.25, 0.3) is 0 Å². The summed E-state index contributed by atoms with van der Waals surface area (Å²) in [6, 6.07) is 53.2. The van der Waals surface area contributed by atoms with Gasteiger partial charge < -0.3 is 0 Å². The van der Waals surface area contributed by atoms with Gasteiger partial charge in [0.05, 0.1) is 5.41 Å². The van der Waals surface area contributed by atoms with E-state index < -0.39 is 0 Å². The normalized spacial score (nSPS) is 12.8. The van der Waals surface area contributed by atoms with Crippen molar-refractivity contribution < 1.29 is 0 Å². The highest BCUT2D eigenvalue weighted by Gasteiger charge is 2.46. The minimum absolute atomic E-state index is 0.366. The molecule has 1 aliphatic rings. The Hall–Kier alpha value is -4.42. The van der Waals surface area contributed by atoms with Crippen molar-refractivity contribution >= 4 is 10.8 Å². The zero-order chi connectivity index (χ0) is 26.0. The lowest BCUT2D eigenvalue weighted by atomic mass is 9.67. The van der Waals surface area contributed by atoms with Crippen LogP contribution in [0.15, 0.2) is 146 Å². The first-order chi connectivity index (χ1) is 18.8. The Kier molecular flexibility index (Phi) is 6.40. The monoisotopic (exact) mass is 488 g/mol. The third-order valence-corrected chi connectivity index (χ3v) is 7.56. The van der Waals surface area contributed by atoms with Gasteiger partial charge in [-0.2, -0.15) is 0 Å². The fraction of sp³-hybridized carbons (Fsp3) is 0.105. The third-order valence-electron chi connectivity index (χ3n) is 7.56. The molecule has 184 valence electrons. The summed E-state index contributed by atoms with van der Waals surface area (Å²) in [6.45, 7) is 4.25. The van der Waals surface area contributed by atoms with E-state index >= 15 is 0 Å². The van der Waals surface area contributed by atoms with Crippen LogP contribution in [0.1, 0.15) is 42.5 Å². The fourth-order valence-electron chi connectivity index (χ4n) is 6.18. The Bertz CT molecular complexity index is 1650. The van der Waals surface area contributed by atoms with Crippen LogP contribution in [0.5, 0.6) is 0 Å². The molecule has 6 aromatic carbocycles. The van der Waals surface area contributed by atoms with E-state index in [9.17, 15) is 0 Å². The molecule has 0 fully saturated rings. The van der Waals surface area contributed by atoms with E-state index in [1.807, 2.05) is 0 Å². The standard InChI is InChI=1S/C35H24.C3H8/c1-3-15-26(16-4-1)35(27-17-5-2-6-18-27)32-23-10-9-20-31(32)34-30(22-12-24-33(34)35)29-21-11-14-25-13-7-8-19-28(25)29;1-3-2/h1-24H;3H2,1-2H3. The number of hydrogen-bond donors (Lipinski definition) is 0. The third kappa shape index (κ3) is 3.68. The second kappa shape index (κ2) is 10.1. The minimum atomic E-state index is -0.366. The molecular formula is C38H32. The van der Waals surface area contributed by atoms with Crippen molar-refractivity contribution in [2.75, 3.05) is 0 Å². The van der Waals surface area contributed by atoms with Gasteiger partial charge in [-0.05, 0) is 55.3 Å². The molecule has 0 heteroatoms. The molecule has 0 atom stereocenters. The van der Waals surface area contributed by atoms with E-state index in [0.29, 0.717) is 0 Å². The highest BCUT2D eigenvalue weighted by atomic mass is 14.5. The van der Waals surface area contributed by atoms with E-state index in [1.54, 1.807) is 0 Å².